The molecule has 80 valence electrons. The number of anilines is 1. The molecule has 0 radical (unpaired) electrons. The summed E-state index contributed by atoms with van der Waals surface area (Å²) in [5.41, 5.74) is 1.04. The first-order chi connectivity index (χ1) is 7.33. The average Bonchev–Trinajstić information content (AvgIpc) is 2.76. The zero-order valence-electron chi connectivity index (χ0n) is 8.51. The molecule has 15 heavy (non-hydrogen) atoms. The second-order valence-electron chi connectivity index (χ2n) is 3.59. The van der Waals surface area contributed by atoms with Gasteiger partial charge >= 0.3 is 0 Å². The number of rotatable bonds is 1. The topological polar surface area (TPSA) is 33.4 Å². The van der Waals surface area contributed by atoms with Gasteiger partial charge in [-0.1, -0.05) is 11.3 Å². The van der Waals surface area contributed by atoms with Gasteiger partial charge in [-0.05, 0) is 6.92 Å². The van der Waals surface area contributed by atoms with Crippen LogP contribution >= 0.6 is 23.1 Å². The van der Waals surface area contributed by atoms with Crippen molar-refractivity contribution in [1.82, 2.24) is 14.6 Å². The van der Waals surface area contributed by atoms with Crippen molar-refractivity contribution in [1.29, 1.82) is 0 Å². The molecule has 0 atom stereocenters. The second-order valence-corrected chi connectivity index (χ2v) is 5.75. The highest BCUT2D eigenvalue weighted by molar-refractivity contribution is 7.99. The minimum absolute atomic E-state index is 1.00. The summed E-state index contributed by atoms with van der Waals surface area (Å²) in [6.07, 6.45) is 1.98. The van der Waals surface area contributed by atoms with Gasteiger partial charge < -0.3 is 4.90 Å². The van der Waals surface area contributed by atoms with Crippen LogP contribution in [0.4, 0.5) is 5.13 Å². The van der Waals surface area contributed by atoms with E-state index in [-0.39, 0.29) is 0 Å². The van der Waals surface area contributed by atoms with Gasteiger partial charge in [0.2, 0.25) is 10.1 Å². The Morgan fingerprint density at radius 1 is 1.33 bits per heavy atom. The first-order valence-corrected chi connectivity index (χ1v) is 6.95. The quantitative estimate of drug-likeness (QED) is 0.759. The average molecular weight is 240 g/mol. The van der Waals surface area contributed by atoms with Crippen LogP contribution in [0.2, 0.25) is 0 Å². The van der Waals surface area contributed by atoms with Crippen molar-refractivity contribution in [3.8, 4) is 0 Å². The van der Waals surface area contributed by atoms with E-state index in [9.17, 15) is 0 Å². The Labute approximate surface area is 96.3 Å². The number of hydrogen-bond acceptors (Lipinski definition) is 5. The van der Waals surface area contributed by atoms with Crippen LogP contribution in [0.15, 0.2) is 6.20 Å². The Balaban J connectivity index is 1.93. The maximum Gasteiger partial charge on any atom is 0.214 e. The first kappa shape index (κ1) is 9.47. The number of thioether (sulfide) groups is 1. The maximum atomic E-state index is 4.55. The van der Waals surface area contributed by atoms with Crippen molar-refractivity contribution in [2.24, 2.45) is 0 Å². The van der Waals surface area contributed by atoms with Gasteiger partial charge in [-0.15, -0.1) is 5.10 Å². The lowest BCUT2D eigenvalue weighted by Crippen LogP contribution is -2.32. The van der Waals surface area contributed by atoms with Crippen LogP contribution in [0.25, 0.3) is 4.96 Å². The maximum absolute atomic E-state index is 4.55. The Hall–Kier alpha value is -0.750. The van der Waals surface area contributed by atoms with E-state index in [4.69, 9.17) is 0 Å². The minimum Gasteiger partial charge on any atom is -0.345 e. The second kappa shape index (κ2) is 3.68. The molecule has 0 amide bonds. The van der Waals surface area contributed by atoms with Crippen LogP contribution in [0.1, 0.15) is 5.69 Å². The summed E-state index contributed by atoms with van der Waals surface area (Å²) in [6, 6.07) is 0. The van der Waals surface area contributed by atoms with E-state index in [1.54, 1.807) is 11.3 Å². The summed E-state index contributed by atoms with van der Waals surface area (Å²) >= 11 is 3.70. The lowest BCUT2D eigenvalue weighted by atomic mass is 10.5. The SMILES string of the molecule is Cc1cn2nc(N3CCSCC3)sc2n1. The largest absolute Gasteiger partial charge is 0.345 e. The van der Waals surface area contributed by atoms with E-state index >= 15 is 0 Å². The number of imidazole rings is 1. The summed E-state index contributed by atoms with van der Waals surface area (Å²) in [5, 5.41) is 5.66. The van der Waals surface area contributed by atoms with E-state index in [0.29, 0.717) is 0 Å². The molecule has 3 rings (SSSR count). The van der Waals surface area contributed by atoms with Crippen molar-refractivity contribution in [3.63, 3.8) is 0 Å². The van der Waals surface area contributed by atoms with E-state index in [0.717, 1.165) is 28.9 Å². The third-order valence-corrected chi connectivity index (χ3v) is 4.36. The molecule has 0 unspecified atom stereocenters. The van der Waals surface area contributed by atoms with E-state index in [1.807, 2.05) is 29.4 Å². The van der Waals surface area contributed by atoms with Crippen molar-refractivity contribution < 1.29 is 0 Å². The summed E-state index contributed by atoms with van der Waals surface area (Å²) < 4.78 is 1.89. The van der Waals surface area contributed by atoms with Crippen LogP contribution in [-0.4, -0.2) is 39.2 Å². The monoisotopic (exact) mass is 240 g/mol. The Bertz CT molecular complexity index is 438. The molecular weight excluding hydrogens is 228 g/mol. The molecule has 6 heteroatoms. The summed E-state index contributed by atoms with van der Waals surface area (Å²) in [4.78, 5) is 7.77. The molecule has 0 saturated carbocycles. The fraction of sp³-hybridized carbons (Fsp3) is 0.556. The van der Waals surface area contributed by atoms with Crippen molar-refractivity contribution >= 4 is 33.2 Å². The Morgan fingerprint density at radius 3 is 2.87 bits per heavy atom. The van der Waals surface area contributed by atoms with Gasteiger partial charge in [0.1, 0.15) is 0 Å². The molecule has 2 aromatic heterocycles. The lowest BCUT2D eigenvalue weighted by Gasteiger charge is -2.24. The highest BCUT2D eigenvalue weighted by Crippen LogP contribution is 2.25. The van der Waals surface area contributed by atoms with E-state index in [1.165, 1.54) is 11.5 Å². The third kappa shape index (κ3) is 1.72. The highest BCUT2D eigenvalue weighted by atomic mass is 32.2. The molecule has 4 nitrogen and oxygen atoms in total. The van der Waals surface area contributed by atoms with Gasteiger partial charge in [0.15, 0.2) is 0 Å². The normalized spacial score (nSPS) is 17.5. The fourth-order valence-corrected chi connectivity index (χ4v) is 3.56. The third-order valence-electron chi connectivity index (χ3n) is 2.43. The Kier molecular flexibility index (Phi) is 2.32. The predicted octanol–water partition coefficient (Wildman–Crippen LogP) is 1.65. The molecule has 0 bridgehead atoms. The van der Waals surface area contributed by atoms with Crippen LogP contribution in [0.3, 0.4) is 0 Å². The summed E-state index contributed by atoms with van der Waals surface area (Å²) in [6.45, 7) is 4.22. The molecule has 1 aliphatic heterocycles. The number of nitrogens with zero attached hydrogens (tertiary/aromatic N) is 4. The molecule has 0 N–H and O–H groups in total. The number of aromatic nitrogens is 3. The fourth-order valence-electron chi connectivity index (χ4n) is 1.68. The van der Waals surface area contributed by atoms with Crippen LogP contribution in [0.5, 0.6) is 0 Å². The number of hydrogen-bond donors (Lipinski definition) is 0. The molecule has 2 aromatic rings. The van der Waals surface area contributed by atoms with Gasteiger partial charge in [-0.25, -0.2) is 9.50 Å². The van der Waals surface area contributed by atoms with Crippen LogP contribution in [0, 0.1) is 6.92 Å². The molecule has 1 fully saturated rings. The van der Waals surface area contributed by atoms with Crippen LogP contribution < -0.4 is 4.90 Å². The zero-order valence-corrected chi connectivity index (χ0v) is 10.1. The predicted molar refractivity (Wildman–Crippen MR) is 65.1 cm³/mol. The van der Waals surface area contributed by atoms with Crippen LogP contribution in [-0.2, 0) is 0 Å². The first-order valence-electron chi connectivity index (χ1n) is 4.98. The Morgan fingerprint density at radius 2 is 2.13 bits per heavy atom. The van der Waals surface area contributed by atoms with E-state index < -0.39 is 0 Å². The summed E-state index contributed by atoms with van der Waals surface area (Å²) in [5.74, 6) is 2.42. The van der Waals surface area contributed by atoms with Gasteiger partial charge in [0.25, 0.3) is 0 Å². The standard InChI is InChI=1S/C9H12N4S2/c1-7-6-13-8(10-7)15-9(11-13)12-2-4-14-5-3-12/h6H,2-5H2,1H3. The van der Waals surface area contributed by atoms with Crippen molar-refractivity contribution in [2.75, 3.05) is 29.5 Å². The molecule has 0 aromatic carbocycles. The van der Waals surface area contributed by atoms with Crippen molar-refractivity contribution in [3.05, 3.63) is 11.9 Å². The van der Waals surface area contributed by atoms with Gasteiger partial charge in [0, 0.05) is 24.6 Å². The molecule has 0 aliphatic carbocycles. The van der Waals surface area contributed by atoms with Gasteiger partial charge in [-0.2, -0.15) is 11.8 Å². The molecular formula is C9H12N4S2. The zero-order chi connectivity index (χ0) is 10.3. The highest BCUT2D eigenvalue weighted by Gasteiger charge is 2.16. The van der Waals surface area contributed by atoms with Crippen molar-refractivity contribution in [2.45, 2.75) is 6.92 Å². The van der Waals surface area contributed by atoms with Gasteiger partial charge in [-0.3, -0.25) is 0 Å². The van der Waals surface area contributed by atoms with Gasteiger partial charge in [0.05, 0.1) is 11.9 Å². The number of fused-ring (bicyclic) bond motifs is 1. The lowest BCUT2D eigenvalue weighted by molar-refractivity contribution is 0.826. The number of aryl methyl sites for hydroxylation is 1. The summed E-state index contributed by atoms with van der Waals surface area (Å²) in [7, 11) is 0. The molecule has 1 saturated heterocycles. The molecule has 3 heterocycles. The molecule has 0 spiro atoms. The smallest absolute Gasteiger partial charge is 0.214 e. The van der Waals surface area contributed by atoms with E-state index in [2.05, 4.69) is 15.0 Å². The molecule has 1 aliphatic rings. The minimum atomic E-state index is 1.00.